The van der Waals surface area contributed by atoms with Crippen LogP contribution in [0.2, 0.25) is 0 Å². The van der Waals surface area contributed by atoms with E-state index in [1.165, 1.54) is 28.2 Å². The lowest BCUT2D eigenvalue weighted by Gasteiger charge is -2.07. The first-order chi connectivity index (χ1) is 9.56. The number of allylic oxidation sites excluding steroid dienone is 2. The Hall–Kier alpha value is -1.89. The molecule has 2 rings (SSSR count). The van der Waals surface area contributed by atoms with Crippen LogP contribution in [0.25, 0.3) is 23.6 Å². The molecule has 1 atom stereocenters. The van der Waals surface area contributed by atoms with Crippen LogP contribution in [-0.4, -0.2) is 4.98 Å². The summed E-state index contributed by atoms with van der Waals surface area (Å²) in [7, 11) is 0. The zero-order chi connectivity index (χ0) is 14.7. The molecule has 0 saturated heterocycles. The highest BCUT2D eigenvalue weighted by atomic mass is 14.6. The molecule has 0 fully saturated rings. The third kappa shape index (κ3) is 2.67. The zero-order valence-corrected chi connectivity index (χ0v) is 12.9. The molecule has 104 valence electrons. The summed E-state index contributed by atoms with van der Waals surface area (Å²) in [6, 6.07) is 4.11. The summed E-state index contributed by atoms with van der Waals surface area (Å²) in [6.45, 7) is 13.0. The highest BCUT2D eigenvalue weighted by Crippen LogP contribution is 2.13. The highest BCUT2D eigenvalue weighted by Gasteiger charge is 2.04. The second kappa shape index (κ2) is 6.04. The number of pyridine rings is 1. The van der Waals surface area contributed by atoms with Gasteiger partial charge in [0.05, 0.1) is 5.52 Å². The summed E-state index contributed by atoms with van der Waals surface area (Å²) < 4.78 is 0. The van der Waals surface area contributed by atoms with E-state index >= 15 is 0 Å². The number of hydrogen-bond acceptors (Lipinski definition) is 1. The molecule has 0 saturated carbocycles. The Morgan fingerprint density at radius 1 is 1.30 bits per heavy atom. The standard InChI is InChI=1S/C19H23N/c1-6-13(2)9-7-10-17-14(3)15(4)18-11-8-12-20-19(18)16(17)5/h7-13H,5-6H2,1-4H3/b9-7-,17-10-. The average molecular weight is 265 g/mol. The van der Waals surface area contributed by atoms with E-state index in [4.69, 9.17) is 0 Å². The SMILES string of the molecule is C=c1/c(=C\C=C/C(C)CC)c(C)c(C)c2cccnc12. The fraction of sp³-hybridized carbons (Fsp3) is 0.316. The second-order valence-electron chi connectivity index (χ2n) is 5.48. The number of fused-ring (bicyclic) bond motifs is 1. The van der Waals surface area contributed by atoms with E-state index in [1.807, 2.05) is 12.3 Å². The van der Waals surface area contributed by atoms with Crippen LogP contribution in [0.15, 0.2) is 30.5 Å². The maximum Gasteiger partial charge on any atom is 0.0777 e. The van der Waals surface area contributed by atoms with Gasteiger partial charge in [-0.2, -0.15) is 0 Å². The third-order valence-electron chi connectivity index (χ3n) is 4.14. The molecule has 0 bridgehead atoms. The fourth-order valence-electron chi connectivity index (χ4n) is 2.41. The van der Waals surface area contributed by atoms with Crippen molar-refractivity contribution < 1.29 is 0 Å². The number of aromatic nitrogens is 1. The average Bonchev–Trinajstić information content (AvgIpc) is 2.48. The van der Waals surface area contributed by atoms with Crippen molar-refractivity contribution >= 4 is 23.6 Å². The zero-order valence-electron chi connectivity index (χ0n) is 12.9. The molecule has 20 heavy (non-hydrogen) atoms. The molecule has 1 aromatic heterocycles. The minimum absolute atomic E-state index is 0.611. The maximum absolute atomic E-state index is 4.50. The smallest absolute Gasteiger partial charge is 0.0777 e. The van der Waals surface area contributed by atoms with Gasteiger partial charge in [0.2, 0.25) is 0 Å². The topological polar surface area (TPSA) is 12.9 Å². The van der Waals surface area contributed by atoms with Crippen LogP contribution in [0.3, 0.4) is 0 Å². The molecular formula is C19H23N. The Morgan fingerprint density at radius 3 is 2.75 bits per heavy atom. The lowest BCUT2D eigenvalue weighted by molar-refractivity contribution is 0.699. The van der Waals surface area contributed by atoms with E-state index in [9.17, 15) is 0 Å². The van der Waals surface area contributed by atoms with Gasteiger partial charge in [0.25, 0.3) is 0 Å². The van der Waals surface area contributed by atoms with Gasteiger partial charge in [0.15, 0.2) is 0 Å². The molecule has 1 heteroatoms. The summed E-state index contributed by atoms with van der Waals surface area (Å²) >= 11 is 0. The van der Waals surface area contributed by atoms with E-state index in [1.54, 1.807) is 0 Å². The summed E-state index contributed by atoms with van der Waals surface area (Å²) in [5.41, 5.74) is 3.60. The van der Waals surface area contributed by atoms with E-state index in [-0.39, 0.29) is 0 Å². The van der Waals surface area contributed by atoms with Crippen molar-refractivity contribution in [1.82, 2.24) is 4.98 Å². The molecular weight excluding hydrogens is 242 g/mol. The lowest BCUT2D eigenvalue weighted by atomic mass is 9.99. The minimum atomic E-state index is 0.611. The van der Waals surface area contributed by atoms with Gasteiger partial charge in [0, 0.05) is 16.8 Å². The van der Waals surface area contributed by atoms with Gasteiger partial charge in [-0.3, -0.25) is 4.98 Å². The predicted octanol–water partition coefficient (Wildman–Crippen LogP) is 3.64. The predicted molar refractivity (Wildman–Crippen MR) is 89.0 cm³/mol. The van der Waals surface area contributed by atoms with Crippen molar-refractivity contribution in [2.75, 3.05) is 0 Å². The number of nitrogens with zero attached hydrogens (tertiary/aromatic N) is 1. The lowest BCUT2D eigenvalue weighted by Crippen LogP contribution is -2.28. The monoisotopic (exact) mass is 265 g/mol. The van der Waals surface area contributed by atoms with Crippen LogP contribution >= 0.6 is 0 Å². The quantitative estimate of drug-likeness (QED) is 0.825. The number of aryl methyl sites for hydroxylation is 1. The molecule has 2 aromatic rings. The van der Waals surface area contributed by atoms with E-state index < -0.39 is 0 Å². The van der Waals surface area contributed by atoms with Crippen LogP contribution in [0.4, 0.5) is 0 Å². The summed E-state index contributed by atoms with van der Waals surface area (Å²) in [6.07, 6.45) is 9.57. The van der Waals surface area contributed by atoms with Gasteiger partial charge >= 0.3 is 0 Å². The fourth-order valence-corrected chi connectivity index (χ4v) is 2.41. The first-order valence-corrected chi connectivity index (χ1v) is 7.27. The molecule has 1 unspecified atom stereocenters. The molecule has 0 amide bonds. The first-order valence-electron chi connectivity index (χ1n) is 7.27. The van der Waals surface area contributed by atoms with Crippen molar-refractivity contribution in [3.63, 3.8) is 0 Å². The molecule has 0 aliphatic rings. The van der Waals surface area contributed by atoms with Crippen LogP contribution in [0, 0.1) is 19.8 Å². The Bertz CT molecular complexity index is 753. The number of rotatable bonds is 3. The molecule has 1 nitrogen and oxygen atoms in total. The molecule has 0 aliphatic heterocycles. The maximum atomic E-state index is 4.50. The van der Waals surface area contributed by atoms with Crippen molar-refractivity contribution in [3.8, 4) is 0 Å². The Balaban J connectivity index is 2.69. The second-order valence-corrected chi connectivity index (χ2v) is 5.48. The van der Waals surface area contributed by atoms with Gasteiger partial charge in [-0.1, -0.05) is 51.1 Å². The van der Waals surface area contributed by atoms with Gasteiger partial charge in [-0.25, -0.2) is 0 Å². The molecule has 1 heterocycles. The summed E-state index contributed by atoms with van der Waals surface area (Å²) in [5, 5.41) is 3.43. The molecule has 0 radical (unpaired) electrons. The van der Waals surface area contributed by atoms with Crippen LogP contribution < -0.4 is 10.4 Å². The minimum Gasteiger partial charge on any atom is -0.256 e. The van der Waals surface area contributed by atoms with Crippen molar-refractivity contribution in [1.29, 1.82) is 0 Å². The largest absolute Gasteiger partial charge is 0.256 e. The Kier molecular flexibility index (Phi) is 4.39. The van der Waals surface area contributed by atoms with E-state index in [0.29, 0.717) is 5.92 Å². The molecule has 0 N–H and O–H groups in total. The van der Waals surface area contributed by atoms with E-state index in [0.717, 1.165) is 10.7 Å². The number of benzene rings is 1. The van der Waals surface area contributed by atoms with Crippen LogP contribution in [0.1, 0.15) is 31.4 Å². The van der Waals surface area contributed by atoms with Gasteiger partial charge in [-0.15, -0.1) is 0 Å². The normalized spacial score (nSPS) is 14.3. The molecule has 0 spiro atoms. The Labute approximate surface area is 121 Å². The highest BCUT2D eigenvalue weighted by molar-refractivity contribution is 5.84. The Morgan fingerprint density at radius 2 is 2.05 bits per heavy atom. The van der Waals surface area contributed by atoms with E-state index in [2.05, 4.69) is 63.6 Å². The summed E-state index contributed by atoms with van der Waals surface area (Å²) in [4.78, 5) is 4.50. The van der Waals surface area contributed by atoms with Crippen LogP contribution in [-0.2, 0) is 0 Å². The van der Waals surface area contributed by atoms with Gasteiger partial charge in [0.1, 0.15) is 0 Å². The summed E-state index contributed by atoms with van der Waals surface area (Å²) in [5.74, 6) is 0.611. The third-order valence-corrected chi connectivity index (χ3v) is 4.14. The molecule has 1 aromatic carbocycles. The first kappa shape index (κ1) is 14.5. The van der Waals surface area contributed by atoms with Gasteiger partial charge < -0.3 is 0 Å². The number of hydrogen-bond donors (Lipinski definition) is 0. The van der Waals surface area contributed by atoms with Crippen molar-refractivity contribution in [2.45, 2.75) is 34.1 Å². The van der Waals surface area contributed by atoms with Crippen molar-refractivity contribution in [3.05, 3.63) is 52.0 Å². The van der Waals surface area contributed by atoms with Crippen molar-refractivity contribution in [2.24, 2.45) is 5.92 Å². The molecule has 0 aliphatic carbocycles. The van der Waals surface area contributed by atoms with Gasteiger partial charge in [-0.05, 0) is 42.2 Å². The van der Waals surface area contributed by atoms with Crippen LogP contribution in [0.5, 0.6) is 0 Å².